The molecule has 0 spiro atoms. The fourth-order valence-corrected chi connectivity index (χ4v) is 2.51. The first kappa shape index (κ1) is 14.4. The fourth-order valence-electron chi connectivity index (χ4n) is 1.57. The lowest BCUT2D eigenvalue weighted by atomic mass is 10.2. The third kappa shape index (κ3) is 4.27. The number of amides is 1. The number of nitrogens with zero attached hydrogens (tertiary/aromatic N) is 1. The van der Waals surface area contributed by atoms with Crippen LogP contribution < -0.4 is 5.32 Å². The highest BCUT2D eigenvalue weighted by Gasteiger charge is 2.24. The normalized spacial score (nSPS) is 17.4. The first-order valence-electron chi connectivity index (χ1n) is 6.02. The molecule has 0 aliphatic carbocycles. The van der Waals surface area contributed by atoms with E-state index in [0.717, 1.165) is 5.56 Å². The molecule has 1 aromatic carbocycles. The van der Waals surface area contributed by atoms with Gasteiger partial charge in [-0.2, -0.15) is 0 Å². The molecule has 1 aromatic rings. The van der Waals surface area contributed by atoms with E-state index in [-0.39, 0.29) is 13.2 Å². The zero-order chi connectivity index (χ0) is 14.4. The minimum Gasteiger partial charge on any atom is -0.480 e. The van der Waals surface area contributed by atoms with Crippen molar-refractivity contribution in [1.82, 2.24) is 5.32 Å². The zero-order valence-electron chi connectivity index (χ0n) is 10.6. The summed E-state index contributed by atoms with van der Waals surface area (Å²) in [5, 5.41) is 11.9. The van der Waals surface area contributed by atoms with Crippen molar-refractivity contribution in [2.45, 2.75) is 12.6 Å². The molecule has 2 rings (SSSR count). The van der Waals surface area contributed by atoms with Gasteiger partial charge in [0.15, 0.2) is 6.04 Å². The standard InChI is InChI=1S/C13H14N2O4S/c16-12(17)10-8-20-11(15-10)6-14-13(18)19-7-9-4-2-1-3-5-9/h1-5,10H,6-8H2,(H,14,18)(H,16,17)/t10-/m0/s1. The van der Waals surface area contributed by atoms with Gasteiger partial charge in [-0.15, -0.1) is 11.8 Å². The first-order chi connectivity index (χ1) is 9.65. The lowest BCUT2D eigenvalue weighted by molar-refractivity contribution is -0.137. The molecule has 6 nitrogen and oxygen atoms in total. The summed E-state index contributed by atoms with van der Waals surface area (Å²) >= 11 is 1.33. The van der Waals surface area contributed by atoms with E-state index in [9.17, 15) is 9.59 Å². The summed E-state index contributed by atoms with van der Waals surface area (Å²) in [5.41, 5.74) is 0.904. The maximum absolute atomic E-state index is 11.5. The maximum Gasteiger partial charge on any atom is 0.407 e. The molecule has 1 atom stereocenters. The number of carbonyl (C=O) groups is 2. The Morgan fingerprint density at radius 2 is 2.15 bits per heavy atom. The Kier molecular flexibility index (Phi) is 5.00. The van der Waals surface area contributed by atoms with E-state index in [2.05, 4.69) is 10.3 Å². The van der Waals surface area contributed by atoms with Crippen molar-refractivity contribution in [3.8, 4) is 0 Å². The third-order valence-corrected chi connectivity index (χ3v) is 3.65. The largest absolute Gasteiger partial charge is 0.480 e. The van der Waals surface area contributed by atoms with Gasteiger partial charge in [0.05, 0.1) is 11.6 Å². The molecule has 1 aliphatic rings. The average molecular weight is 294 g/mol. The van der Waals surface area contributed by atoms with Gasteiger partial charge in [0.1, 0.15) is 6.61 Å². The van der Waals surface area contributed by atoms with Crippen LogP contribution in [-0.4, -0.2) is 40.6 Å². The topological polar surface area (TPSA) is 88.0 Å². The van der Waals surface area contributed by atoms with Crippen molar-refractivity contribution in [3.05, 3.63) is 35.9 Å². The van der Waals surface area contributed by atoms with Crippen molar-refractivity contribution >= 4 is 28.9 Å². The van der Waals surface area contributed by atoms with E-state index < -0.39 is 18.1 Å². The van der Waals surface area contributed by atoms with Crippen LogP contribution in [0.15, 0.2) is 35.3 Å². The molecule has 0 saturated heterocycles. The van der Waals surface area contributed by atoms with Crippen LogP contribution >= 0.6 is 11.8 Å². The van der Waals surface area contributed by atoms with E-state index in [0.29, 0.717) is 10.8 Å². The van der Waals surface area contributed by atoms with Crippen molar-refractivity contribution in [2.75, 3.05) is 12.3 Å². The van der Waals surface area contributed by atoms with Crippen LogP contribution in [0.3, 0.4) is 0 Å². The Bertz CT molecular complexity index is 518. The number of aliphatic imine (C=N–C) groups is 1. The number of rotatable bonds is 5. The van der Waals surface area contributed by atoms with Crippen LogP contribution in [0.4, 0.5) is 4.79 Å². The molecule has 0 aromatic heterocycles. The van der Waals surface area contributed by atoms with Crippen LogP contribution in [0.25, 0.3) is 0 Å². The predicted octanol–water partition coefficient (Wildman–Crippen LogP) is 1.51. The second-order valence-electron chi connectivity index (χ2n) is 4.10. The number of aliphatic carboxylic acids is 1. The van der Waals surface area contributed by atoms with Gasteiger partial charge in [0.2, 0.25) is 0 Å². The second kappa shape index (κ2) is 6.95. The molecular weight excluding hydrogens is 280 g/mol. The molecule has 20 heavy (non-hydrogen) atoms. The minimum absolute atomic E-state index is 0.196. The van der Waals surface area contributed by atoms with Crippen LogP contribution in [0.2, 0.25) is 0 Å². The molecule has 0 radical (unpaired) electrons. The summed E-state index contributed by atoms with van der Waals surface area (Å²) < 4.78 is 5.03. The highest BCUT2D eigenvalue weighted by Crippen LogP contribution is 2.17. The smallest absolute Gasteiger partial charge is 0.407 e. The molecular formula is C13H14N2O4S. The van der Waals surface area contributed by atoms with E-state index >= 15 is 0 Å². The number of ether oxygens (including phenoxy) is 1. The number of hydrogen-bond acceptors (Lipinski definition) is 5. The molecule has 0 unspecified atom stereocenters. The maximum atomic E-state index is 11.5. The number of carboxylic acids is 1. The van der Waals surface area contributed by atoms with E-state index in [1.165, 1.54) is 11.8 Å². The molecule has 7 heteroatoms. The van der Waals surface area contributed by atoms with Crippen LogP contribution in [0, 0.1) is 0 Å². The summed E-state index contributed by atoms with van der Waals surface area (Å²) in [5.74, 6) is -0.537. The van der Waals surface area contributed by atoms with Gasteiger partial charge in [0, 0.05) is 5.75 Å². The van der Waals surface area contributed by atoms with Gasteiger partial charge in [0.25, 0.3) is 0 Å². The predicted molar refractivity (Wildman–Crippen MR) is 75.9 cm³/mol. The van der Waals surface area contributed by atoms with Crippen molar-refractivity contribution in [2.24, 2.45) is 4.99 Å². The Morgan fingerprint density at radius 3 is 2.80 bits per heavy atom. The van der Waals surface area contributed by atoms with Crippen molar-refractivity contribution < 1.29 is 19.4 Å². The Labute approximate surface area is 120 Å². The highest BCUT2D eigenvalue weighted by molar-refractivity contribution is 8.14. The molecule has 2 N–H and O–H groups in total. The van der Waals surface area contributed by atoms with Gasteiger partial charge < -0.3 is 15.2 Å². The van der Waals surface area contributed by atoms with E-state index in [1.807, 2.05) is 30.3 Å². The number of nitrogens with one attached hydrogen (secondary N) is 1. The molecule has 1 amide bonds. The number of hydrogen-bond donors (Lipinski definition) is 2. The number of carboxylic acid groups (broad SMARTS) is 1. The minimum atomic E-state index is -0.945. The molecule has 106 valence electrons. The summed E-state index contributed by atoms with van der Waals surface area (Å²) in [7, 11) is 0. The number of alkyl carbamates (subject to hydrolysis) is 1. The lowest BCUT2D eigenvalue weighted by Gasteiger charge is -2.06. The Morgan fingerprint density at radius 1 is 1.40 bits per heavy atom. The molecule has 0 fully saturated rings. The number of thioether (sulfide) groups is 1. The van der Waals surface area contributed by atoms with Crippen molar-refractivity contribution in [3.63, 3.8) is 0 Å². The average Bonchev–Trinajstić information content (AvgIpc) is 2.93. The van der Waals surface area contributed by atoms with Crippen LogP contribution in [0.1, 0.15) is 5.56 Å². The number of benzene rings is 1. The number of carbonyl (C=O) groups excluding carboxylic acids is 1. The Balaban J connectivity index is 1.71. The molecule has 0 saturated carbocycles. The Hall–Kier alpha value is -2.02. The van der Waals surface area contributed by atoms with Gasteiger partial charge in [-0.3, -0.25) is 4.99 Å². The molecule has 0 bridgehead atoms. The van der Waals surface area contributed by atoms with Gasteiger partial charge >= 0.3 is 12.1 Å². The molecule has 1 heterocycles. The summed E-state index contributed by atoms with van der Waals surface area (Å²) in [6, 6.07) is 8.64. The summed E-state index contributed by atoms with van der Waals surface area (Å²) in [6.45, 7) is 0.395. The van der Waals surface area contributed by atoms with Crippen LogP contribution in [-0.2, 0) is 16.1 Å². The van der Waals surface area contributed by atoms with Crippen LogP contribution in [0.5, 0.6) is 0 Å². The third-order valence-electron chi connectivity index (χ3n) is 2.59. The fraction of sp³-hybridized carbons (Fsp3) is 0.308. The quantitative estimate of drug-likeness (QED) is 0.859. The van der Waals surface area contributed by atoms with Gasteiger partial charge in [-0.25, -0.2) is 9.59 Å². The molecule has 1 aliphatic heterocycles. The van der Waals surface area contributed by atoms with E-state index in [1.54, 1.807) is 0 Å². The first-order valence-corrected chi connectivity index (χ1v) is 7.00. The van der Waals surface area contributed by atoms with Crippen molar-refractivity contribution in [1.29, 1.82) is 0 Å². The summed E-state index contributed by atoms with van der Waals surface area (Å²) in [6.07, 6.45) is -0.545. The SMILES string of the molecule is O=C(NCC1=N[C@H](C(=O)O)CS1)OCc1ccccc1. The van der Waals surface area contributed by atoms with E-state index in [4.69, 9.17) is 9.84 Å². The zero-order valence-corrected chi connectivity index (χ0v) is 11.4. The highest BCUT2D eigenvalue weighted by atomic mass is 32.2. The van der Waals surface area contributed by atoms with Gasteiger partial charge in [-0.1, -0.05) is 30.3 Å². The lowest BCUT2D eigenvalue weighted by Crippen LogP contribution is -2.28. The van der Waals surface area contributed by atoms with Gasteiger partial charge in [-0.05, 0) is 5.56 Å². The second-order valence-corrected chi connectivity index (χ2v) is 5.20. The monoisotopic (exact) mass is 294 g/mol. The summed E-state index contributed by atoms with van der Waals surface area (Å²) in [4.78, 5) is 26.2.